The summed E-state index contributed by atoms with van der Waals surface area (Å²) < 4.78 is 18.9. The summed E-state index contributed by atoms with van der Waals surface area (Å²) in [6, 6.07) is 6.42. The van der Waals surface area contributed by atoms with Crippen LogP contribution in [0.15, 0.2) is 24.3 Å². The molecule has 1 heterocycles. The van der Waals surface area contributed by atoms with Crippen LogP contribution < -0.4 is 10.2 Å². The van der Waals surface area contributed by atoms with Crippen LogP contribution in [0.3, 0.4) is 0 Å². The van der Waals surface area contributed by atoms with Gasteiger partial charge in [-0.2, -0.15) is 0 Å². The van der Waals surface area contributed by atoms with E-state index >= 15 is 0 Å². The molecule has 0 saturated carbocycles. The molecular formula is C14H19FN2O2. The van der Waals surface area contributed by atoms with Crippen LogP contribution >= 0.6 is 0 Å². The Balaban J connectivity index is 2.28. The Bertz CT molecular complexity index is 433. The Morgan fingerprint density at radius 3 is 2.74 bits per heavy atom. The molecule has 0 aromatic heterocycles. The highest BCUT2D eigenvalue weighted by Crippen LogP contribution is 2.25. The fraction of sp³-hybridized carbons (Fsp3) is 0.500. The monoisotopic (exact) mass is 266 g/mol. The molecule has 1 aromatic rings. The molecule has 1 N–H and O–H groups in total. The summed E-state index contributed by atoms with van der Waals surface area (Å²) >= 11 is 0. The van der Waals surface area contributed by atoms with Crippen molar-refractivity contribution in [1.82, 2.24) is 5.32 Å². The third-order valence-electron chi connectivity index (χ3n) is 3.32. The van der Waals surface area contributed by atoms with Crippen molar-refractivity contribution in [2.24, 2.45) is 0 Å². The molecule has 4 nitrogen and oxygen atoms in total. The number of amides is 1. The normalized spacial score (nSPS) is 16.3. The molecule has 1 aromatic carbocycles. The molecule has 1 fully saturated rings. The van der Waals surface area contributed by atoms with Gasteiger partial charge < -0.3 is 15.0 Å². The van der Waals surface area contributed by atoms with Crippen LogP contribution in [0.4, 0.5) is 10.1 Å². The van der Waals surface area contributed by atoms with Crippen LogP contribution in [0, 0.1) is 5.82 Å². The van der Waals surface area contributed by atoms with Crippen molar-refractivity contribution in [2.75, 3.05) is 31.7 Å². The maximum atomic E-state index is 13.9. The number of hydrogen-bond donors (Lipinski definition) is 1. The Morgan fingerprint density at radius 2 is 2.11 bits per heavy atom. The maximum Gasteiger partial charge on any atom is 0.253 e. The third kappa shape index (κ3) is 3.30. The molecule has 1 aliphatic rings. The Hall–Kier alpha value is -1.46. The number of benzene rings is 1. The summed E-state index contributed by atoms with van der Waals surface area (Å²) in [6.45, 7) is 1.66. The second-order valence-electron chi connectivity index (χ2n) is 4.63. The number of carbonyl (C=O) groups is 1. The number of hydrogen-bond acceptors (Lipinski definition) is 3. The molecular weight excluding hydrogens is 247 g/mol. The van der Waals surface area contributed by atoms with E-state index in [0.717, 1.165) is 25.9 Å². The molecule has 0 atom stereocenters. The van der Waals surface area contributed by atoms with Crippen molar-refractivity contribution in [1.29, 1.82) is 0 Å². The van der Waals surface area contributed by atoms with Crippen LogP contribution in [0.5, 0.6) is 0 Å². The van der Waals surface area contributed by atoms with Gasteiger partial charge in [0, 0.05) is 13.2 Å². The van der Waals surface area contributed by atoms with Gasteiger partial charge in [-0.25, -0.2) is 4.39 Å². The zero-order chi connectivity index (χ0) is 13.7. The molecule has 19 heavy (non-hydrogen) atoms. The minimum absolute atomic E-state index is 0.0285. The molecule has 0 bridgehead atoms. The zero-order valence-electron chi connectivity index (χ0n) is 11.1. The van der Waals surface area contributed by atoms with Gasteiger partial charge in [0.05, 0.1) is 5.69 Å². The van der Waals surface area contributed by atoms with E-state index in [1.54, 1.807) is 23.1 Å². The number of piperidine rings is 1. The Kier molecular flexibility index (Phi) is 4.87. The van der Waals surface area contributed by atoms with E-state index in [4.69, 9.17) is 4.74 Å². The van der Waals surface area contributed by atoms with E-state index in [9.17, 15) is 9.18 Å². The molecule has 0 aliphatic carbocycles. The first-order chi connectivity index (χ1) is 9.24. The lowest BCUT2D eigenvalue weighted by Gasteiger charge is -2.34. The Labute approximate surface area is 112 Å². The average molecular weight is 266 g/mol. The first-order valence-electron chi connectivity index (χ1n) is 6.50. The van der Waals surface area contributed by atoms with Gasteiger partial charge in [-0.05, 0) is 38.1 Å². The number of para-hydroxylation sites is 1. The lowest BCUT2D eigenvalue weighted by molar-refractivity contribution is -0.122. The van der Waals surface area contributed by atoms with Crippen LogP contribution in [0.2, 0.25) is 0 Å². The second-order valence-corrected chi connectivity index (χ2v) is 4.63. The highest BCUT2D eigenvalue weighted by molar-refractivity contribution is 5.95. The molecule has 1 saturated heterocycles. The molecule has 104 valence electrons. The van der Waals surface area contributed by atoms with Crippen LogP contribution in [-0.2, 0) is 9.53 Å². The lowest BCUT2D eigenvalue weighted by atomic mass is 10.0. The number of rotatable bonds is 4. The number of anilines is 1. The highest BCUT2D eigenvalue weighted by Gasteiger charge is 2.28. The van der Waals surface area contributed by atoms with Crippen molar-refractivity contribution in [3.05, 3.63) is 30.1 Å². The summed E-state index contributed by atoms with van der Waals surface area (Å²) in [5, 5.41) is 3.24. The molecule has 0 spiro atoms. The minimum atomic E-state index is -0.370. The highest BCUT2D eigenvalue weighted by atomic mass is 19.1. The molecule has 0 unspecified atom stereocenters. The van der Waals surface area contributed by atoms with E-state index in [0.29, 0.717) is 5.69 Å². The van der Waals surface area contributed by atoms with E-state index in [1.165, 1.54) is 13.2 Å². The fourth-order valence-corrected chi connectivity index (χ4v) is 2.44. The summed E-state index contributed by atoms with van der Waals surface area (Å²) in [6.07, 6.45) is 1.65. The molecule has 0 radical (unpaired) electrons. The molecule has 1 amide bonds. The number of carbonyl (C=O) groups excluding carboxylic acids is 1. The van der Waals surface area contributed by atoms with Crippen molar-refractivity contribution >= 4 is 11.6 Å². The largest absolute Gasteiger partial charge is 0.375 e. The maximum absolute atomic E-state index is 13.9. The third-order valence-corrected chi connectivity index (χ3v) is 3.32. The van der Waals surface area contributed by atoms with E-state index < -0.39 is 0 Å². The topological polar surface area (TPSA) is 41.6 Å². The molecule has 2 rings (SSSR count). The standard InChI is InChI=1S/C14H19FN2O2/c1-19-10-14(18)17(11-6-8-16-9-7-11)13-5-3-2-4-12(13)15/h2-5,11,16H,6-10H2,1H3. The van der Waals surface area contributed by atoms with Gasteiger partial charge in [0.1, 0.15) is 12.4 Å². The number of ether oxygens (including phenoxy) is 1. The van der Waals surface area contributed by atoms with Gasteiger partial charge in [0.2, 0.25) is 0 Å². The van der Waals surface area contributed by atoms with Crippen molar-refractivity contribution in [2.45, 2.75) is 18.9 Å². The van der Waals surface area contributed by atoms with Gasteiger partial charge in [0.15, 0.2) is 0 Å². The first-order valence-corrected chi connectivity index (χ1v) is 6.50. The van der Waals surface area contributed by atoms with Gasteiger partial charge in [-0.15, -0.1) is 0 Å². The second kappa shape index (κ2) is 6.63. The quantitative estimate of drug-likeness (QED) is 0.899. The van der Waals surface area contributed by atoms with Crippen molar-refractivity contribution in [3.63, 3.8) is 0 Å². The van der Waals surface area contributed by atoms with Crippen LogP contribution in [0.25, 0.3) is 0 Å². The van der Waals surface area contributed by atoms with Crippen molar-refractivity contribution < 1.29 is 13.9 Å². The number of halogens is 1. The average Bonchev–Trinajstić information content (AvgIpc) is 2.43. The molecule has 5 heteroatoms. The zero-order valence-corrected chi connectivity index (χ0v) is 11.1. The summed E-state index contributed by atoms with van der Waals surface area (Å²) in [5.41, 5.74) is 0.344. The van der Waals surface area contributed by atoms with Gasteiger partial charge >= 0.3 is 0 Å². The van der Waals surface area contributed by atoms with E-state index in [2.05, 4.69) is 5.32 Å². The number of nitrogens with one attached hydrogen (secondary N) is 1. The smallest absolute Gasteiger partial charge is 0.253 e. The van der Waals surface area contributed by atoms with Gasteiger partial charge in [-0.1, -0.05) is 12.1 Å². The predicted octanol–water partition coefficient (Wildman–Crippen LogP) is 1.56. The van der Waals surface area contributed by atoms with E-state index in [-0.39, 0.29) is 24.4 Å². The lowest BCUT2D eigenvalue weighted by Crippen LogP contribution is -2.48. The summed E-state index contributed by atoms with van der Waals surface area (Å²) in [4.78, 5) is 13.8. The fourth-order valence-electron chi connectivity index (χ4n) is 2.44. The van der Waals surface area contributed by atoms with Crippen LogP contribution in [-0.4, -0.2) is 38.8 Å². The minimum Gasteiger partial charge on any atom is -0.375 e. The Morgan fingerprint density at radius 1 is 1.42 bits per heavy atom. The van der Waals surface area contributed by atoms with Gasteiger partial charge in [0.25, 0.3) is 5.91 Å². The first kappa shape index (κ1) is 14.0. The van der Waals surface area contributed by atoms with E-state index in [1.807, 2.05) is 0 Å². The molecule has 1 aliphatic heterocycles. The van der Waals surface area contributed by atoms with Crippen LogP contribution in [0.1, 0.15) is 12.8 Å². The van der Waals surface area contributed by atoms with Crippen molar-refractivity contribution in [3.8, 4) is 0 Å². The number of methoxy groups -OCH3 is 1. The number of nitrogens with zero attached hydrogens (tertiary/aromatic N) is 1. The summed E-state index contributed by atoms with van der Waals surface area (Å²) in [7, 11) is 1.47. The summed E-state index contributed by atoms with van der Waals surface area (Å²) in [5.74, 6) is -0.565. The SMILES string of the molecule is COCC(=O)N(c1ccccc1F)C1CCNCC1. The predicted molar refractivity (Wildman–Crippen MR) is 71.7 cm³/mol. The van der Waals surface area contributed by atoms with Gasteiger partial charge in [-0.3, -0.25) is 4.79 Å².